The van der Waals surface area contributed by atoms with Gasteiger partial charge in [-0.2, -0.15) is 0 Å². The molecular weight excluding hydrogens is 260 g/mol. The van der Waals surface area contributed by atoms with E-state index in [-0.39, 0.29) is 12.6 Å². The van der Waals surface area contributed by atoms with Crippen molar-refractivity contribution in [1.29, 1.82) is 0 Å². The Balaban J connectivity index is 1.84. The maximum Gasteiger partial charge on any atom is 0.404 e. The van der Waals surface area contributed by atoms with Crippen LogP contribution < -0.4 is 10.6 Å². The molecule has 0 saturated carbocycles. The molecule has 1 aromatic heterocycles. The molecule has 0 aliphatic rings. The van der Waals surface area contributed by atoms with Gasteiger partial charge in [-0.05, 0) is 11.1 Å². The third-order valence-corrected chi connectivity index (χ3v) is 2.65. The molecule has 20 heavy (non-hydrogen) atoms. The number of nitrogens with zero attached hydrogens (tertiary/aromatic N) is 2. The van der Waals surface area contributed by atoms with Crippen LogP contribution in [0.2, 0.25) is 0 Å². The van der Waals surface area contributed by atoms with Crippen molar-refractivity contribution in [3.8, 4) is 0 Å². The lowest BCUT2D eigenvalue weighted by atomic mass is 10.1. The predicted molar refractivity (Wildman–Crippen MR) is 71.2 cm³/mol. The monoisotopic (exact) mass is 274 g/mol. The Morgan fingerprint density at radius 2 is 1.70 bits per heavy atom. The quantitative estimate of drug-likeness (QED) is 0.785. The van der Waals surface area contributed by atoms with Gasteiger partial charge in [0.15, 0.2) is 0 Å². The smallest absolute Gasteiger partial charge is 0.404 e. The van der Waals surface area contributed by atoms with Gasteiger partial charge in [0, 0.05) is 25.5 Å². The number of carbonyl (C=O) groups excluding carboxylic acids is 1. The largest absolute Gasteiger partial charge is 0.465 e. The number of carboxylic acid groups (broad SMARTS) is 1. The van der Waals surface area contributed by atoms with E-state index in [2.05, 4.69) is 15.6 Å². The fourth-order valence-corrected chi connectivity index (χ4v) is 1.60. The molecule has 0 fully saturated rings. The van der Waals surface area contributed by atoms with Gasteiger partial charge in [-0.3, -0.25) is 4.57 Å². The van der Waals surface area contributed by atoms with Gasteiger partial charge in [0.25, 0.3) is 0 Å². The minimum atomic E-state index is -1.05. The van der Waals surface area contributed by atoms with E-state index < -0.39 is 6.09 Å². The van der Waals surface area contributed by atoms with Crippen molar-refractivity contribution >= 4 is 12.1 Å². The average molecular weight is 274 g/mol. The maximum atomic E-state index is 11.7. The molecular formula is C13H14N4O3. The van der Waals surface area contributed by atoms with Gasteiger partial charge in [0.1, 0.15) is 6.33 Å². The van der Waals surface area contributed by atoms with Crippen LogP contribution in [0, 0.1) is 0 Å². The van der Waals surface area contributed by atoms with E-state index in [4.69, 9.17) is 5.11 Å². The Bertz CT molecular complexity index is 578. The van der Waals surface area contributed by atoms with Crippen LogP contribution >= 0.6 is 0 Å². The summed E-state index contributed by atoms with van der Waals surface area (Å²) in [5, 5.41) is 13.5. The number of rotatable bonds is 4. The van der Waals surface area contributed by atoms with Crippen molar-refractivity contribution < 1.29 is 14.7 Å². The molecule has 0 atom stereocenters. The van der Waals surface area contributed by atoms with Crippen LogP contribution in [0.3, 0.4) is 0 Å². The number of aromatic nitrogens is 2. The second-order valence-corrected chi connectivity index (χ2v) is 4.10. The number of carbonyl (C=O) groups is 2. The number of amides is 2. The van der Waals surface area contributed by atoms with Crippen molar-refractivity contribution in [2.45, 2.75) is 13.1 Å². The fraction of sp³-hybridized carbons (Fsp3) is 0.154. The van der Waals surface area contributed by atoms with Gasteiger partial charge in [-0.1, -0.05) is 24.3 Å². The number of hydrogen-bond acceptors (Lipinski definition) is 3. The van der Waals surface area contributed by atoms with E-state index in [1.165, 1.54) is 17.1 Å². The van der Waals surface area contributed by atoms with E-state index >= 15 is 0 Å². The van der Waals surface area contributed by atoms with Crippen molar-refractivity contribution in [2.24, 2.45) is 0 Å². The standard InChI is InChI=1S/C13H14N4O3/c18-12(17-6-5-14-9-17)15-7-10-1-3-11(4-2-10)8-16-13(19)20/h1-6,9,16H,7-8H2,(H,15,18)(H,19,20). The van der Waals surface area contributed by atoms with E-state index in [0.717, 1.165) is 11.1 Å². The predicted octanol–water partition coefficient (Wildman–Crippen LogP) is 1.41. The van der Waals surface area contributed by atoms with Crippen LogP contribution in [0.25, 0.3) is 0 Å². The van der Waals surface area contributed by atoms with E-state index in [0.29, 0.717) is 6.54 Å². The Kier molecular flexibility index (Phi) is 4.33. The van der Waals surface area contributed by atoms with Gasteiger partial charge in [0.05, 0.1) is 0 Å². The highest BCUT2D eigenvalue weighted by atomic mass is 16.4. The Morgan fingerprint density at radius 1 is 1.10 bits per heavy atom. The summed E-state index contributed by atoms with van der Waals surface area (Å²) in [5.41, 5.74) is 1.79. The van der Waals surface area contributed by atoms with Crippen LogP contribution in [0.15, 0.2) is 43.0 Å². The summed E-state index contributed by atoms with van der Waals surface area (Å²) in [7, 11) is 0. The first-order valence-corrected chi connectivity index (χ1v) is 5.96. The minimum Gasteiger partial charge on any atom is -0.465 e. The molecule has 1 aromatic carbocycles. The molecule has 2 amide bonds. The summed E-state index contributed by atoms with van der Waals surface area (Å²) >= 11 is 0. The van der Waals surface area contributed by atoms with Gasteiger partial charge < -0.3 is 15.7 Å². The van der Waals surface area contributed by atoms with Crippen LogP contribution in [0.4, 0.5) is 9.59 Å². The summed E-state index contributed by atoms with van der Waals surface area (Å²) < 4.78 is 1.35. The number of benzene rings is 1. The second kappa shape index (κ2) is 6.37. The molecule has 7 heteroatoms. The Labute approximate surface area is 115 Å². The lowest BCUT2D eigenvalue weighted by molar-refractivity contribution is 0.194. The zero-order chi connectivity index (χ0) is 14.4. The first-order valence-electron chi connectivity index (χ1n) is 5.96. The molecule has 0 bridgehead atoms. The molecule has 0 radical (unpaired) electrons. The topological polar surface area (TPSA) is 96.3 Å². The lowest BCUT2D eigenvalue weighted by Gasteiger charge is -2.06. The summed E-state index contributed by atoms with van der Waals surface area (Å²) in [6, 6.07) is 7.06. The van der Waals surface area contributed by atoms with Crippen molar-refractivity contribution in [1.82, 2.24) is 20.2 Å². The second-order valence-electron chi connectivity index (χ2n) is 4.10. The van der Waals surface area contributed by atoms with Gasteiger partial charge in [-0.25, -0.2) is 14.6 Å². The van der Waals surface area contributed by atoms with Crippen LogP contribution in [0.5, 0.6) is 0 Å². The molecule has 0 aliphatic carbocycles. The summed E-state index contributed by atoms with van der Waals surface area (Å²) in [4.78, 5) is 25.8. The maximum absolute atomic E-state index is 11.7. The van der Waals surface area contributed by atoms with Crippen molar-refractivity contribution in [3.05, 3.63) is 54.1 Å². The first kappa shape index (κ1) is 13.6. The summed E-state index contributed by atoms with van der Waals surface area (Å²) in [6.45, 7) is 0.653. The number of imidazole rings is 1. The van der Waals surface area contributed by atoms with Crippen LogP contribution in [0.1, 0.15) is 11.1 Å². The summed E-state index contributed by atoms with van der Waals surface area (Å²) in [5.74, 6) is 0. The normalized spacial score (nSPS) is 10.0. The molecule has 2 rings (SSSR count). The van der Waals surface area contributed by atoms with Crippen molar-refractivity contribution in [2.75, 3.05) is 0 Å². The van der Waals surface area contributed by atoms with Gasteiger partial charge in [-0.15, -0.1) is 0 Å². The highest BCUT2D eigenvalue weighted by molar-refractivity contribution is 5.76. The molecule has 1 heterocycles. The van der Waals surface area contributed by atoms with E-state index in [1.807, 2.05) is 24.3 Å². The zero-order valence-corrected chi connectivity index (χ0v) is 10.6. The molecule has 0 saturated heterocycles. The van der Waals surface area contributed by atoms with Gasteiger partial charge >= 0.3 is 12.1 Å². The van der Waals surface area contributed by atoms with Crippen LogP contribution in [-0.2, 0) is 13.1 Å². The Hall–Kier alpha value is -2.83. The first-order chi connectivity index (χ1) is 9.65. The summed E-state index contributed by atoms with van der Waals surface area (Å²) in [6.07, 6.45) is 3.47. The van der Waals surface area contributed by atoms with Gasteiger partial charge in [0.2, 0.25) is 0 Å². The third kappa shape index (κ3) is 3.84. The molecule has 0 aliphatic heterocycles. The molecule has 0 unspecified atom stereocenters. The highest BCUT2D eigenvalue weighted by Crippen LogP contribution is 2.04. The molecule has 7 nitrogen and oxygen atoms in total. The minimum absolute atomic E-state index is 0.251. The van der Waals surface area contributed by atoms with E-state index in [1.54, 1.807) is 6.20 Å². The molecule has 104 valence electrons. The average Bonchev–Trinajstić information content (AvgIpc) is 2.98. The van der Waals surface area contributed by atoms with Crippen LogP contribution in [-0.4, -0.2) is 26.8 Å². The van der Waals surface area contributed by atoms with E-state index in [9.17, 15) is 9.59 Å². The number of hydrogen-bond donors (Lipinski definition) is 3. The molecule has 0 spiro atoms. The number of nitrogens with one attached hydrogen (secondary N) is 2. The van der Waals surface area contributed by atoms with Crippen molar-refractivity contribution in [3.63, 3.8) is 0 Å². The highest BCUT2D eigenvalue weighted by Gasteiger charge is 2.03. The fourth-order valence-electron chi connectivity index (χ4n) is 1.60. The molecule has 2 aromatic rings. The lowest BCUT2D eigenvalue weighted by Crippen LogP contribution is -2.27. The zero-order valence-electron chi connectivity index (χ0n) is 10.6. The molecule has 3 N–H and O–H groups in total. The Morgan fingerprint density at radius 3 is 2.20 bits per heavy atom. The third-order valence-electron chi connectivity index (χ3n) is 2.65. The SMILES string of the molecule is O=C(O)NCc1ccc(CNC(=O)n2ccnc2)cc1.